The van der Waals surface area contributed by atoms with Crippen molar-refractivity contribution in [2.24, 2.45) is 0 Å². The Bertz CT molecular complexity index is 427. The SMILES string of the molecule is CCCc1nnsc1C(=O)NCC1(O)CCCCC1. The molecule has 106 valence electrons. The number of amides is 1. The molecule has 5 nitrogen and oxygen atoms in total. The van der Waals surface area contributed by atoms with Crippen LogP contribution in [0.2, 0.25) is 0 Å². The van der Waals surface area contributed by atoms with Gasteiger partial charge < -0.3 is 10.4 Å². The smallest absolute Gasteiger partial charge is 0.265 e. The van der Waals surface area contributed by atoms with Crippen LogP contribution in [0.4, 0.5) is 0 Å². The van der Waals surface area contributed by atoms with Gasteiger partial charge in [0.2, 0.25) is 0 Å². The van der Waals surface area contributed by atoms with Crippen LogP contribution in [0.5, 0.6) is 0 Å². The maximum absolute atomic E-state index is 12.1. The topological polar surface area (TPSA) is 75.1 Å². The summed E-state index contributed by atoms with van der Waals surface area (Å²) in [6, 6.07) is 0. The van der Waals surface area contributed by atoms with Gasteiger partial charge in [0.05, 0.1) is 11.3 Å². The fraction of sp³-hybridized carbons (Fsp3) is 0.769. The Morgan fingerprint density at radius 1 is 1.42 bits per heavy atom. The number of hydrogen-bond acceptors (Lipinski definition) is 5. The van der Waals surface area contributed by atoms with Gasteiger partial charge in [-0.1, -0.05) is 37.1 Å². The van der Waals surface area contributed by atoms with E-state index in [4.69, 9.17) is 0 Å². The molecule has 0 saturated heterocycles. The average Bonchev–Trinajstić information content (AvgIpc) is 2.86. The number of nitrogens with zero attached hydrogens (tertiary/aromatic N) is 2. The molecule has 1 aromatic rings. The van der Waals surface area contributed by atoms with Crippen molar-refractivity contribution >= 4 is 17.4 Å². The maximum Gasteiger partial charge on any atom is 0.265 e. The maximum atomic E-state index is 12.1. The predicted molar refractivity (Wildman–Crippen MR) is 74.3 cm³/mol. The molecule has 19 heavy (non-hydrogen) atoms. The molecule has 1 amide bonds. The number of aromatic nitrogens is 2. The van der Waals surface area contributed by atoms with Crippen molar-refractivity contribution in [2.45, 2.75) is 57.5 Å². The second-order valence-electron chi connectivity index (χ2n) is 5.27. The molecule has 2 rings (SSSR count). The monoisotopic (exact) mass is 283 g/mol. The molecule has 0 bridgehead atoms. The first kappa shape index (κ1) is 14.4. The molecule has 1 fully saturated rings. The molecule has 0 unspecified atom stereocenters. The van der Waals surface area contributed by atoms with E-state index in [1.165, 1.54) is 6.42 Å². The van der Waals surface area contributed by atoms with Crippen LogP contribution in [0, 0.1) is 0 Å². The highest BCUT2D eigenvalue weighted by atomic mass is 32.1. The zero-order valence-corrected chi connectivity index (χ0v) is 12.1. The molecule has 0 aromatic carbocycles. The lowest BCUT2D eigenvalue weighted by atomic mass is 9.85. The van der Waals surface area contributed by atoms with Crippen LogP contribution in [0.15, 0.2) is 0 Å². The Kier molecular flexibility index (Phi) is 4.87. The normalized spacial score (nSPS) is 18.2. The molecule has 2 N–H and O–H groups in total. The summed E-state index contributed by atoms with van der Waals surface area (Å²) in [6.07, 6.45) is 6.51. The van der Waals surface area contributed by atoms with Gasteiger partial charge in [-0.3, -0.25) is 4.79 Å². The van der Waals surface area contributed by atoms with E-state index in [1.54, 1.807) is 0 Å². The van der Waals surface area contributed by atoms with Crippen molar-refractivity contribution in [1.29, 1.82) is 0 Å². The van der Waals surface area contributed by atoms with Gasteiger partial charge in [-0.25, -0.2) is 0 Å². The fourth-order valence-electron chi connectivity index (χ4n) is 2.49. The number of rotatable bonds is 5. The van der Waals surface area contributed by atoms with Gasteiger partial charge in [0.15, 0.2) is 0 Å². The Morgan fingerprint density at radius 3 is 2.84 bits per heavy atom. The van der Waals surface area contributed by atoms with Crippen LogP contribution in [-0.4, -0.2) is 32.7 Å². The third kappa shape index (κ3) is 3.73. The van der Waals surface area contributed by atoms with Gasteiger partial charge >= 0.3 is 0 Å². The van der Waals surface area contributed by atoms with Crippen LogP contribution in [0.25, 0.3) is 0 Å². The number of hydrogen-bond donors (Lipinski definition) is 2. The highest BCUT2D eigenvalue weighted by Crippen LogP contribution is 2.27. The van der Waals surface area contributed by atoms with E-state index < -0.39 is 5.60 Å². The predicted octanol–water partition coefficient (Wildman–Crippen LogP) is 1.92. The molecule has 1 aliphatic rings. The van der Waals surface area contributed by atoms with E-state index in [0.717, 1.165) is 55.8 Å². The van der Waals surface area contributed by atoms with E-state index in [9.17, 15) is 9.90 Å². The van der Waals surface area contributed by atoms with Gasteiger partial charge in [0, 0.05) is 6.54 Å². The standard InChI is InChI=1S/C13H21N3O2S/c1-2-6-10-11(19-16-15-10)12(17)14-9-13(18)7-4-3-5-8-13/h18H,2-9H2,1H3,(H,14,17). The van der Waals surface area contributed by atoms with Crippen molar-refractivity contribution in [2.75, 3.05) is 6.54 Å². The second kappa shape index (κ2) is 6.43. The van der Waals surface area contributed by atoms with E-state index in [1.807, 2.05) is 6.92 Å². The zero-order valence-electron chi connectivity index (χ0n) is 11.3. The lowest BCUT2D eigenvalue weighted by molar-refractivity contribution is 0.00528. The van der Waals surface area contributed by atoms with E-state index in [-0.39, 0.29) is 5.91 Å². The number of aryl methyl sites for hydroxylation is 1. The fourth-order valence-corrected chi connectivity index (χ4v) is 3.12. The number of nitrogens with one attached hydrogen (secondary N) is 1. The molecule has 1 aromatic heterocycles. The molecule has 0 spiro atoms. The summed E-state index contributed by atoms with van der Waals surface area (Å²) in [5.74, 6) is -0.155. The van der Waals surface area contributed by atoms with Crippen molar-refractivity contribution in [1.82, 2.24) is 14.9 Å². The Balaban J connectivity index is 1.91. The van der Waals surface area contributed by atoms with Crippen LogP contribution in [-0.2, 0) is 6.42 Å². The molecule has 0 radical (unpaired) electrons. The molecule has 0 aliphatic heterocycles. The Hall–Kier alpha value is -1.01. The molecule has 1 heterocycles. The van der Waals surface area contributed by atoms with Crippen LogP contribution >= 0.6 is 11.5 Å². The summed E-state index contributed by atoms with van der Waals surface area (Å²) >= 11 is 1.13. The molecule has 1 saturated carbocycles. The minimum Gasteiger partial charge on any atom is -0.388 e. The van der Waals surface area contributed by atoms with Gasteiger partial charge in [-0.15, -0.1) is 5.10 Å². The molecular weight excluding hydrogens is 262 g/mol. The summed E-state index contributed by atoms with van der Waals surface area (Å²) in [7, 11) is 0. The van der Waals surface area contributed by atoms with E-state index in [0.29, 0.717) is 11.4 Å². The van der Waals surface area contributed by atoms with Gasteiger partial charge in [0.1, 0.15) is 4.88 Å². The lowest BCUT2D eigenvalue weighted by Crippen LogP contribution is -2.44. The molecule has 0 atom stereocenters. The van der Waals surface area contributed by atoms with Crippen molar-refractivity contribution in [3.05, 3.63) is 10.6 Å². The zero-order chi connectivity index (χ0) is 13.7. The number of carbonyl (C=O) groups is 1. The Labute approximate surface area is 117 Å². The minimum absolute atomic E-state index is 0.155. The van der Waals surface area contributed by atoms with Gasteiger partial charge in [-0.2, -0.15) is 0 Å². The largest absolute Gasteiger partial charge is 0.388 e. The highest BCUT2D eigenvalue weighted by Gasteiger charge is 2.30. The van der Waals surface area contributed by atoms with Crippen LogP contribution < -0.4 is 5.32 Å². The quantitative estimate of drug-likeness (QED) is 0.865. The molecular formula is C13H21N3O2S. The van der Waals surface area contributed by atoms with Crippen LogP contribution in [0.3, 0.4) is 0 Å². The van der Waals surface area contributed by atoms with E-state index >= 15 is 0 Å². The first-order valence-electron chi connectivity index (χ1n) is 6.96. The summed E-state index contributed by atoms with van der Waals surface area (Å²) < 4.78 is 3.84. The highest BCUT2D eigenvalue weighted by molar-refractivity contribution is 7.08. The third-order valence-electron chi connectivity index (χ3n) is 3.61. The number of carbonyl (C=O) groups excluding carboxylic acids is 1. The van der Waals surface area contributed by atoms with Crippen molar-refractivity contribution in [3.63, 3.8) is 0 Å². The van der Waals surface area contributed by atoms with Crippen molar-refractivity contribution < 1.29 is 9.90 Å². The molecule has 6 heteroatoms. The average molecular weight is 283 g/mol. The summed E-state index contributed by atoms with van der Waals surface area (Å²) in [5.41, 5.74) is 0.0392. The summed E-state index contributed by atoms with van der Waals surface area (Å²) in [5, 5.41) is 17.2. The molecule has 1 aliphatic carbocycles. The third-order valence-corrected chi connectivity index (χ3v) is 4.38. The van der Waals surface area contributed by atoms with Gasteiger partial charge in [-0.05, 0) is 30.8 Å². The minimum atomic E-state index is -0.725. The van der Waals surface area contributed by atoms with Crippen molar-refractivity contribution in [3.8, 4) is 0 Å². The Morgan fingerprint density at radius 2 is 2.16 bits per heavy atom. The van der Waals surface area contributed by atoms with Gasteiger partial charge in [0.25, 0.3) is 5.91 Å². The van der Waals surface area contributed by atoms with Crippen LogP contribution in [0.1, 0.15) is 60.8 Å². The first-order valence-corrected chi connectivity index (χ1v) is 7.74. The first-order chi connectivity index (χ1) is 9.14. The summed E-state index contributed by atoms with van der Waals surface area (Å²) in [4.78, 5) is 12.7. The summed E-state index contributed by atoms with van der Waals surface area (Å²) in [6.45, 7) is 2.38. The van der Waals surface area contributed by atoms with E-state index in [2.05, 4.69) is 14.9 Å². The second-order valence-corrected chi connectivity index (χ2v) is 6.02. The lowest BCUT2D eigenvalue weighted by Gasteiger charge is -2.32. The number of aliphatic hydroxyl groups is 1.